The van der Waals surface area contributed by atoms with Crippen molar-refractivity contribution in [1.82, 2.24) is 9.88 Å². The number of hydrogen-bond donors (Lipinski definition) is 0. The summed E-state index contributed by atoms with van der Waals surface area (Å²) >= 11 is 0. The molecule has 0 aliphatic heterocycles. The zero-order chi connectivity index (χ0) is 20.2. The number of rotatable bonds is 7. The van der Waals surface area contributed by atoms with Crippen molar-refractivity contribution in [2.45, 2.75) is 44.9 Å². The molecule has 1 amide bonds. The van der Waals surface area contributed by atoms with Crippen LogP contribution in [0.3, 0.4) is 0 Å². The Hall–Kier alpha value is -3.14. The summed E-state index contributed by atoms with van der Waals surface area (Å²) in [5, 5.41) is 0. The number of ether oxygens (including phenoxy) is 1. The van der Waals surface area contributed by atoms with E-state index in [0.29, 0.717) is 5.75 Å². The Bertz CT molecular complexity index is 938. The van der Waals surface area contributed by atoms with Gasteiger partial charge in [0.2, 0.25) is 0 Å². The number of aromatic nitrogens is 1. The van der Waals surface area contributed by atoms with Gasteiger partial charge >= 0.3 is 0 Å². The van der Waals surface area contributed by atoms with Crippen LogP contribution in [0, 0.1) is 0 Å². The summed E-state index contributed by atoms with van der Waals surface area (Å²) in [5.41, 5.74) is 3.19. The fourth-order valence-corrected chi connectivity index (χ4v) is 3.63. The highest BCUT2D eigenvalue weighted by Gasteiger charge is 2.39. The molecule has 3 aromatic rings. The fraction of sp³-hybridized carbons (Fsp3) is 0.280. The number of hydrogen-bond acceptors (Lipinski definition) is 3. The molecule has 1 saturated carbocycles. The van der Waals surface area contributed by atoms with Gasteiger partial charge in [0.05, 0.1) is 11.7 Å². The van der Waals surface area contributed by atoms with Gasteiger partial charge < -0.3 is 9.64 Å². The number of carbonyl (C=O) groups is 1. The summed E-state index contributed by atoms with van der Waals surface area (Å²) in [4.78, 5) is 19.6. The van der Waals surface area contributed by atoms with Crippen LogP contribution in [-0.4, -0.2) is 27.9 Å². The van der Waals surface area contributed by atoms with Crippen molar-refractivity contribution in [3.8, 4) is 16.9 Å². The average molecular weight is 386 g/mol. The molecule has 0 N–H and O–H groups in total. The zero-order valence-corrected chi connectivity index (χ0v) is 16.9. The van der Waals surface area contributed by atoms with Gasteiger partial charge in [-0.25, -0.2) is 0 Å². The summed E-state index contributed by atoms with van der Waals surface area (Å²) < 4.78 is 6.00. The number of carbonyl (C=O) groups excluding carboxylic acids is 1. The van der Waals surface area contributed by atoms with Gasteiger partial charge in [0.15, 0.2) is 6.10 Å². The van der Waals surface area contributed by atoms with Crippen LogP contribution < -0.4 is 4.74 Å². The van der Waals surface area contributed by atoms with E-state index in [9.17, 15) is 4.79 Å². The third-order valence-electron chi connectivity index (χ3n) is 5.35. The Morgan fingerprint density at radius 2 is 1.59 bits per heavy atom. The van der Waals surface area contributed by atoms with Gasteiger partial charge in [0.25, 0.3) is 5.91 Å². The van der Waals surface area contributed by atoms with E-state index in [0.717, 1.165) is 29.7 Å². The molecular weight excluding hydrogens is 360 g/mol. The Balaban J connectivity index is 1.45. The first-order chi connectivity index (χ1) is 14.1. The molecule has 4 nitrogen and oxygen atoms in total. The molecule has 4 rings (SSSR count). The maximum absolute atomic E-state index is 13.2. The van der Waals surface area contributed by atoms with Crippen LogP contribution >= 0.6 is 0 Å². The van der Waals surface area contributed by atoms with Crippen molar-refractivity contribution in [3.05, 3.63) is 84.7 Å². The molecular formula is C25H26N2O2. The molecule has 1 fully saturated rings. The maximum Gasteiger partial charge on any atom is 0.264 e. The maximum atomic E-state index is 13.2. The molecule has 1 aliphatic carbocycles. The molecule has 2 aromatic carbocycles. The van der Waals surface area contributed by atoms with E-state index in [4.69, 9.17) is 4.74 Å². The van der Waals surface area contributed by atoms with Gasteiger partial charge in [0.1, 0.15) is 5.75 Å². The van der Waals surface area contributed by atoms with E-state index in [-0.39, 0.29) is 18.0 Å². The van der Waals surface area contributed by atoms with Crippen molar-refractivity contribution in [3.63, 3.8) is 0 Å². The lowest BCUT2D eigenvalue weighted by Crippen LogP contribution is -2.43. The molecule has 0 saturated heterocycles. The molecule has 1 heterocycles. The lowest BCUT2D eigenvalue weighted by Gasteiger charge is -2.31. The second-order valence-corrected chi connectivity index (χ2v) is 7.56. The largest absolute Gasteiger partial charge is 0.481 e. The molecule has 1 aromatic heterocycles. The highest BCUT2D eigenvalue weighted by Crippen LogP contribution is 2.34. The topological polar surface area (TPSA) is 42.4 Å². The Kier molecular flexibility index (Phi) is 5.61. The minimum atomic E-state index is -0.552. The van der Waals surface area contributed by atoms with Crippen molar-refractivity contribution in [2.75, 3.05) is 0 Å². The molecule has 0 spiro atoms. The predicted molar refractivity (Wildman–Crippen MR) is 114 cm³/mol. The van der Waals surface area contributed by atoms with Crippen molar-refractivity contribution in [1.29, 1.82) is 0 Å². The van der Waals surface area contributed by atoms with Crippen molar-refractivity contribution >= 4 is 5.91 Å². The minimum Gasteiger partial charge on any atom is -0.481 e. The molecule has 148 valence electrons. The van der Waals surface area contributed by atoms with E-state index < -0.39 is 6.10 Å². The van der Waals surface area contributed by atoms with Crippen molar-refractivity contribution < 1.29 is 9.53 Å². The highest BCUT2D eigenvalue weighted by molar-refractivity contribution is 5.82. The summed E-state index contributed by atoms with van der Waals surface area (Å²) in [6.07, 6.45) is 3.31. The minimum absolute atomic E-state index is 0.0118. The molecule has 2 atom stereocenters. The van der Waals surface area contributed by atoms with Crippen LogP contribution in [0.2, 0.25) is 0 Å². The first kappa shape index (κ1) is 19.2. The first-order valence-electron chi connectivity index (χ1n) is 10.2. The molecule has 2 unspecified atom stereocenters. The lowest BCUT2D eigenvalue weighted by atomic mass is 10.1. The molecule has 0 bridgehead atoms. The highest BCUT2D eigenvalue weighted by atomic mass is 16.5. The van der Waals surface area contributed by atoms with Crippen molar-refractivity contribution in [2.24, 2.45) is 0 Å². The van der Waals surface area contributed by atoms with Gasteiger partial charge in [-0.2, -0.15) is 0 Å². The Morgan fingerprint density at radius 3 is 2.21 bits per heavy atom. The number of benzene rings is 2. The van der Waals surface area contributed by atoms with Gasteiger partial charge in [-0.1, -0.05) is 48.5 Å². The summed E-state index contributed by atoms with van der Waals surface area (Å²) in [5.74, 6) is 0.713. The van der Waals surface area contributed by atoms with E-state index in [1.807, 2.05) is 79.4 Å². The van der Waals surface area contributed by atoms with Gasteiger partial charge in [-0.15, -0.1) is 0 Å². The van der Waals surface area contributed by atoms with Crippen LogP contribution in [0.5, 0.6) is 5.75 Å². The summed E-state index contributed by atoms with van der Waals surface area (Å²) in [6, 6.07) is 24.2. The van der Waals surface area contributed by atoms with Crippen LogP contribution in [0.25, 0.3) is 11.1 Å². The fourth-order valence-electron chi connectivity index (χ4n) is 3.63. The summed E-state index contributed by atoms with van der Waals surface area (Å²) in [7, 11) is 0. The molecule has 0 radical (unpaired) electrons. The number of amides is 1. The Morgan fingerprint density at radius 1 is 0.931 bits per heavy atom. The van der Waals surface area contributed by atoms with Gasteiger partial charge in [0, 0.05) is 12.2 Å². The standard InChI is InChI=1S/C25H26N2O2/c1-18(24-10-6-7-17-26-24)27(22-13-14-22)25(28)19(2)29-23-15-11-21(12-16-23)20-8-4-3-5-9-20/h3-12,15-19,22H,13-14H2,1-2H3. The average Bonchev–Trinajstić information content (AvgIpc) is 3.60. The zero-order valence-electron chi connectivity index (χ0n) is 16.9. The summed E-state index contributed by atoms with van der Waals surface area (Å²) in [6.45, 7) is 3.87. The number of pyridine rings is 1. The monoisotopic (exact) mass is 386 g/mol. The normalized spacial score (nSPS) is 15.4. The van der Waals surface area contributed by atoms with Gasteiger partial charge in [-0.3, -0.25) is 9.78 Å². The smallest absolute Gasteiger partial charge is 0.264 e. The van der Waals surface area contributed by atoms with Crippen LogP contribution in [0.4, 0.5) is 0 Å². The van der Waals surface area contributed by atoms with Crippen LogP contribution in [0.15, 0.2) is 79.0 Å². The third kappa shape index (κ3) is 4.48. The first-order valence-corrected chi connectivity index (χ1v) is 10.2. The van der Waals surface area contributed by atoms with E-state index >= 15 is 0 Å². The van der Waals surface area contributed by atoms with E-state index in [2.05, 4.69) is 17.1 Å². The van der Waals surface area contributed by atoms with Crippen LogP contribution in [0.1, 0.15) is 38.4 Å². The van der Waals surface area contributed by atoms with Gasteiger partial charge in [-0.05, 0) is 62.1 Å². The van der Waals surface area contributed by atoms with Crippen LogP contribution in [-0.2, 0) is 4.79 Å². The number of nitrogens with zero attached hydrogens (tertiary/aromatic N) is 2. The molecule has 4 heteroatoms. The second kappa shape index (κ2) is 8.48. The van der Waals surface area contributed by atoms with E-state index in [1.165, 1.54) is 0 Å². The predicted octanol–water partition coefficient (Wildman–Crippen LogP) is 5.27. The SMILES string of the molecule is CC(Oc1ccc(-c2ccccc2)cc1)C(=O)N(C1CC1)C(C)c1ccccn1. The second-order valence-electron chi connectivity index (χ2n) is 7.56. The quantitative estimate of drug-likeness (QED) is 0.556. The molecule has 1 aliphatic rings. The van der Waals surface area contributed by atoms with E-state index in [1.54, 1.807) is 6.20 Å². The lowest BCUT2D eigenvalue weighted by molar-refractivity contribution is -0.141. The Labute approximate surface area is 172 Å². The molecule has 29 heavy (non-hydrogen) atoms. The third-order valence-corrected chi connectivity index (χ3v) is 5.35.